The normalized spacial score (nSPS) is 11.7. The van der Waals surface area contributed by atoms with Gasteiger partial charge in [0.25, 0.3) is 0 Å². The van der Waals surface area contributed by atoms with Gasteiger partial charge in [-0.15, -0.1) is 0 Å². The van der Waals surface area contributed by atoms with Gasteiger partial charge in [-0.3, -0.25) is 19.9 Å². The van der Waals surface area contributed by atoms with Crippen molar-refractivity contribution < 1.29 is 0 Å². The van der Waals surface area contributed by atoms with E-state index in [1.165, 1.54) is 0 Å². The summed E-state index contributed by atoms with van der Waals surface area (Å²) in [5.74, 6) is 0. The van der Waals surface area contributed by atoms with Crippen LogP contribution in [-0.2, 0) is 0 Å². The van der Waals surface area contributed by atoms with Crippen molar-refractivity contribution in [2.75, 3.05) is 0 Å². The number of nitrogens with zero attached hydrogens (tertiary/aromatic N) is 6. The third kappa shape index (κ3) is 4.26. The zero-order valence-corrected chi connectivity index (χ0v) is 26.0. The fraction of sp³-hybridized carbons (Fsp3) is 0. The molecule has 0 spiro atoms. The molecule has 49 heavy (non-hydrogen) atoms. The Balaban J connectivity index is 1.55. The van der Waals surface area contributed by atoms with Crippen LogP contribution in [0, 0.1) is 0 Å². The predicted octanol–water partition coefficient (Wildman–Crippen LogP) is 9.01. The topological polar surface area (TPSA) is 108 Å². The second-order valence-corrected chi connectivity index (χ2v) is 12.0. The van der Waals surface area contributed by atoms with Crippen LogP contribution in [0.15, 0.2) is 147 Å². The minimum absolute atomic E-state index is 0.983. The summed E-state index contributed by atoms with van der Waals surface area (Å²) in [4.78, 5) is 25.0. The Bertz CT molecular complexity index is 2470. The predicted molar refractivity (Wildman–Crippen MR) is 194 cm³/mol. The van der Waals surface area contributed by atoms with E-state index in [0.717, 1.165) is 88.6 Å². The highest BCUT2D eigenvalue weighted by Crippen LogP contribution is 2.38. The molecule has 10 heterocycles. The second kappa shape index (κ2) is 10.8. The molecule has 10 rings (SSSR count). The first kappa shape index (κ1) is 27.1. The maximum absolute atomic E-state index is 4.35. The van der Waals surface area contributed by atoms with Gasteiger partial charge >= 0.3 is 0 Å². The van der Waals surface area contributed by atoms with Gasteiger partial charge in [0.05, 0.1) is 22.1 Å². The largest absolute Gasteiger partial charge is 0.354 e. The molecule has 0 amide bonds. The number of hydrogen-bond acceptors (Lipinski definition) is 4. The van der Waals surface area contributed by atoms with Crippen LogP contribution in [0.25, 0.3) is 88.6 Å². The van der Waals surface area contributed by atoms with Gasteiger partial charge in [0.1, 0.15) is 0 Å². The molecule has 10 aromatic rings. The summed E-state index contributed by atoms with van der Waals surface area (Å²) in [5.41, 5.74) is 16.2. The quantitative estimate of drug-likeness (QED) is 0.180. The molecule has 0 saturated carbocycles. The number of aromatic amines is 3. The summed E-state index contributed by atoms with van der Waals surface area (Å²) in [6.07, 6.45) is 14.7. The van der Waals surface area contributed by atoms with Gasteiger partial charge in [0.2, 0.25) is 0 Å². The average molecular weight is 634 g/mol. The third-order valence-electron chi connectivity index (χ3n) is 9.31. The zero-order valence-electron chi connectivity index (χ0n) is 26.0. The van der Waals surface area contributed by atoms with Gasteiger partial charge in [0.15, 0.2) is 0 Å². The second-order valence-electron chi connectivity index (χ2n) is 12.0. The van der Waals surface area contributed by atoms with Crippen molar-refractivity contribution >= 4 is 44.1 Å². The zero-order chi connectivity index (χ0) is 32.3. The van der Waals surface area contributed by atoms with Crippen LogP contribution in [0.3, 0.4) is 0 Å². The lowest BCUT2D eigenvalue weighted by atomic mass is 10.1. The molecule has 0 saturated heterocycles. The number of aromatic nitrogens is 9. The van der Waals surface area contributed by atoms with Crippen LogP contribution in [0.5, 0.6) is 0 Å². The molecule has 9 heteroatoms. The van der Waals surface area contributed by atoms with Crippen LogP contribution in [-0.4, -0.2) is 44.1 Å². The van der Waals surface area contributed by atoms with Gasteiger partial charge in [-0.05, 0) is 119 Å². The fourth-order valence-corrected chi connectivity index (χ4v) is 7.18. The first-order valence-electron chi connectivity index (χ1n) is 16.0. The number of pyridine rings is 4. The van der Waals surface area contributed by atoms with Gasteiger partial charge in [0, 0.05) is 93.9 Å². The molecule has 0 aromatic carbocycles. The molecule has 0 radical (unpaired) electrons. The van der Waals surface area contributed by atoms with E-state index in [1.54, 1.807) is 0 Å². The lowest BCUT2D eigenvalue weighted by Crippen LogP contribution is -2.01. The number of H-pyrrole nitrogens is 3. The van der Waals surface area contributed by atoms with Crippen molar-refractivity contribution in [2.24, 2.45) is 0 Å². The fourth-order valence-electron chi connectivity index (χ4n) is 7.18. The highest BCUT2D eigenvalue weighted by molar-refractivity contribution is 6.03. The van der Waals surface area contributed by atoms with Crippen LogP contribution >= 0.6 is 0 Å². The van der Waals surface area contributed by atoms with Gasteiger partial charge in [-0.25, -0.2) is 14.2 Å². The van der Waals surface area contributed by atoms with E-state index in [2.05, 4.69) is 141 Å². The summed E-state index contributed by atoms with van der Waals surface area (Å²) in [5, 5.41) is 3.94. The van der Waals surface area contributed by atoms with E-state index in [-0.39, 0.29) is 0 Å². The van der Waals surface area contributed by atoms with Crippen molar-refractivity contribution in [3.05, 3.63) is 147 Å². The molecule has 9 nitrogen and oxygen atoms in total. The number of rotatable bonds is 4. The SMILES string of the molecule is c1cc(-c2c3ccc([nH]3)c(-c3ccncc3)c3ccc4c(-c5ccncc5)c5ccc([nH]5)c(-c5ccncc5)c5ccc2n5[nH]n34)ccn1. The Morgan fingerprint density at radius 3 is 0.796 bits per heavy atom. The maximum atomic E-state index is 4.35. The van der Waals surface area contributed by atoms with Crippen LogP contribution in [0.1, 0.15) is 0 Å². The molecule has 10 aromatic heterocycles. The molecule has 0 fully saturated rings. The summed E-state index contributed by atoms with van der Waals surface area (Å²) >= 11 is 0. The standard InChI is InChI=1S/C40H27N9/c1-2-30-38(26-11-19-42-20-12-26)34-7-8-36-40(28-15-23-44-24-16-28)32-4-3-31(46-32)39(27-13-21-43-22-14-27)35-6-5-33(48(35)47-49(34)36)37(29(1)45-30)25-9-17-41-18-10-25/h1-24,45-47H. The van der Waals surface area contributed by atoms with Gasteiger partial charge in [-0.2, -0.15) is 0 Å². The van der Waals surface area contributed by atoms with Gasteiger partial charge < -0.3 is 9.97 Å². The smallest absolute Gasteiger partial charge is 0.0746 e. The summed E-state index contributed by atoms with van der Waals surface area (Å²) < 4.78 is 4.40. The maximum Gasteiger partial charge on any atom is 0.0746 e. The molecular formula is C40H27N9. The molecule has 3 N–H and O–H groups in total. The Morgan fingerprint density at radius 1 is 0.306 bits per heavy atom. The summed E-state index contributed by atoms with van der Waals surface area (Å²) in [7, 11) is 0. The highest BCUT2D eigenvalue weighted by Gasteiger charge is 2.18. The summed E-state index contributed by atoms with van der Waals surface area (Å²) in [6, 6.07) is 33.9. The van der Waals surface area contributed by atoms with Crippen LogP contribution in [0.4, 0.5) is 0 Å². The van der Waals surface area contributed by atoms with E-state index in [4.69, 9.17) is 0 Å². The van der Waals surface area contributed by atoms with E-state index in [1.807, 2.05) is 49.6 Å². The molecule has 0 unspecified atom stereocenters. The number of hydrogen-bond donors (Lipinski definition) is 3. The number of fused-ring (bicyclic) bond motifs is 4. The molecule has 6 bridgehead atoms. The minimum atomic E-state index is 0.983. The molecule has 0 atom stereocenters. The first-order valence-corrected chi connectivity index (χ1v) is 16.0. The Hall–Kier alpha value is -7.00. The lowest BCUT2D eigenvalue weighted by molar-refractivity contribution is 0.810. The van der Waals surface area contributed by atoms with Crippen LogP contribution in [0.2, 0.25) is 0 Å². The van der Waals surface area contributed by atoms with E-state index < -0.39 is 0 Å². The minimum Gasteiger partial charge on any atom is -0.354 e. The third-order valence-corrected chi connectivity index (χ3v) is 9.31. The molecule has 0 aliphatic rings. The summed E-state index contributed by atoms with van der Waals surface area (Å²) in [6.45, 7) is 0. The number of nitrogens with one attached hydrogen (secondary N) is 3. The van der Waals surface area contributed by atoms with E-state index >= 15 is 0 Å². The molecule has 232 valence electrons. The van der Waals surface area contributed by atoms with E-state index in [9.17, 15) is 0 Å². The molecular weight excluding hydrogens is 607 g/mol. The average Bonchev–Trinajstić information content (AvgIpc) is 3.98. The van der Waals surface area contributed by atoms with Gasteiger partial charge in [-0.1, -0.05) is 0 Å². The lowest BCUT2D eigenvalue weighted by Gasteiger charge is -2.12. The van der Waals surface area contributed by atoms with Crippen LogP contribution < -0.4 is 0 Å². The first-order chi connectivity index (χ1) is 24.3. The van der Waals surface area contributed by atoms with Crippen molar-refractivity contribution in [3.8, 4) is 44.5 Å². The Kier molecular flexibility index (Phi) is 5.97. The van der Waals surface area contributed by atoms with Crippen molar-refractivity contribution in [1.29, 1.82) is 0 Å². The van der Waals surface area contributed by atoms with E-state index in [0.29, 0.717) is 0 Å². The highest BCUT2D eigenvalue weighted by atomic mass is 15.4. The molecule has 0 aliphatic carbocycles. The van der Waals surface area contributed by atoms with Crippen molar-refractivity contribution in [3.63, 3.8) is 0 Å². The van der Waals surface area contributed by atoms with Crippen molar-refractivity contribution in [1.82, 2.24) is 44.1 Å². The molecule has 0 aliphatic heterocycles. The Morgan fingerprint density at radius 2 is 0.551 bits per heavy atom. The Labute approximate surface area is 278 Å². The monoisotopic (exact) mass is 633 g/mol. The van der Waals surface area contributed by atoms with Crippen molar-refractivity contribution in [2.45, 2.75) is 0 Å².